The second-order valence-corrected chi connectivity index (χ2v) is 7.10. The minimum absolute atomic E-state index is 0.120. The van der Waals surface area contributed by atoms with Gasteiger partial charge in [-0.25, -0.2) is 13.4 Å². The van der Waals surface area contributed by atoms with Gasteiger partial charge in [0.05, 0.1) is 16.6 Å². The van der Waals surface area contributed by atoms with E-state index in [1.165, 1.54) is 0 Å². The lowest BCUT2D eigenvalue weighted by atomic mass is 10.2. The highest BCUT2D eigenvalue weighted by Gasteiger charge is 2.30. The van der Waals surface area contributed by atoms with Crippen molar-refractivity contribution >= 4 is 15.7 Å². The summed E-state index contributed by atoms with van der Waals surface area (Å²) in [5.74, 6) is 0.716. The molecule has 0 amide bonds. The Labute approximate surface area is 107 Å². The van der Waals surface area contributed by atoms with Crippen molar-refractivity contribution in [2.45, 2.75) is 19.1 Å². The Morgan fingerprint density at radius 3 is 2.83 bits per heavy atom. The third-order valence-electron chi connectivity index (χ3n) is 3.17. The Morgan fingerprint density at radius 1 is 1.50 bits per heavy atom. The quantitative estimate of drug-likeness (QED) is 0.753. The number of aromatic nitrogens is 1. The Kier molecular flexibility index (Phi) is 3.26. The molecule has 1 aliphatic rings. The summed E-state index contributed by atoms with van der Waals surface area (Å²) in [4.78, 5) is 6.24. The smallest absolute Gasteiger partial charge is 0.156 e. The molecule has 1 aromatic heterocycles. The molecule has 1 atom stereocenters. The molecule has 0 radical (unpaired) electrons. The van der Waals surface area contributed by atoms with Crippen molar-refractivity contribution in [1.29, 1.82) is 5.26 Å². The fourth-order valence-corrected chi connectivity index (χ4v) is 3.30. The lowest BCUT2D eigenvalue weighted by Gasteiger charge is -2.32. The number of anilines is 1. The van der Waals surface area contributed by atoms with Gasteiger partial charge in [0, 0.05) is 18.8 Å². The molecule has 1 unspecified atom stereocenters. The Hall–Kier alpha value is -1.61. The van der Waals surface area contributed by atoms with Crippen LogP contribution in [0.3, 0.4) is 0 Å². The monoisotopic (exact) mass is 265 g/mol. The van der Waals surface area contributed by atoms with Crippen LogP contribution in [0.5, 0.6) is 0 Å². The number of hydrogen-bond acceptors (Lipinski definition) is 5. The molecule has 2 heterocycles. The summed E-state index contributed by atoms with van der Waals surface area (Å²) in [5, 5.41) is 8.66. The summed E-state index contributed by atoms with van der Waals surface area (Å²) >= 11 is 0. The van der Waals surface area contributed by atoms with Gasteiger partial charge >= 0.3 is 0 Å². The van der Waals surface area contributed by atoms with E-state index in [4.69, 9.17) is 5.26 Å². The number of rotatable bonds is 1. The van der Waals surface area contributed by atoms with Gasteiger partial charge in [0.15, 0.2) is 9.84 Å². The van der Waals surface area contributed by atoms with Crippen LogP contribution in [-0.2, 0) is 9.84 Å². The van der Waals surface area contributed by atoms with Gasteiger partial charge in [0.25, 0.3) is 0 Å². The van der Waals surface area contributed by atoms with Gasteiger partial charge in [-0.15, -0.1) is 0 Å². The molecule has 6 heteroatoms. The Balaban J connectivity index is 2.34. The summed E-state index contributed by atoms with van der Waals surface area (Å²) in [7, 11) is -2.98. The van der Waals surface area contributed by atoms with E-state index in [9.17, 15) is 8.42 Å². The van der Waals surface area contributed by atoms with Crippen molar-refractivity contribution in [3.8, 4) is 6.07 Å². The average molecular weight is 265 g/mol. The zero-order chi connectivity index (χ0) is 13.3. The maximum absolute atomic E-state index is 11.7. The van der Waals surface area contributed by atoms with E-state index in [-0.39, 0.29) is 5.75 Å². The molecule has 0 aromatic carbocycles. The Morgan fingerprint density at radius 2 is 2.22 bits per heavy atom. The second kappa shape index (κ2) is 4.58. The molecule has 96 valence electrons. The fraction of sp³-hybridized carbons (Fsp3) is 0.500. The van der Waals surface area contributed by atoms with Gasteiger partial charge in [0.1, 0.15) is 11.9 Å². The molecule has 1 aromatic rings. The fourth-order valence-electron chi connectivity index (χ4n) is 2.02. The number of nitriles is 1. The van der Waals surface area contributed by atoms with E-state index in [2.05, 4.69) is 11.1 Å². The molecular formula is C12H15N3O2S. The number of pyridine rings is 1. The first-order chi connectivity index (χ1) is 8.44. The molecular weight excluding hydrogens is 250 g/mol. The van der Waals surface area contributed by atoms with Crippen molar-refractivity contribution in [1.82, 2.24) is 4.98 Å². The van der Waals surface area contributed by atoms with Crippen molar-refractivity contribution in [3.63, 3.8) is 0 Å². The van der Waals surface area contributed by atoms with Crippen LogP contribution >= 0.6 is 0 Å². The summed E-state index contributed by atoms with van der Waals surface area (Å²) in [6.45, 7) is 4.35. The molecule has 0 aliphatic carbocycles. The minimum Gasteiger partial charge on any atom is -0.353 e. The largest absolute Gasteiger partial charge is 0.353 e. The second-order valence-electron chi connectivity index (χ2n) is 4.56. The summed E-state index contributed by atoms with van der Waals surface area (Å²) in [6.07, 6.45) is 0. The topological polar surface area (TPSA) is 74.1 Å². The molecule has 0 saturated carbocycles. The SMILES string of the molecule is Cc1ccc(C#N)c(N2CCS(=O)(=O)C(C)C2)n1. The molecule has 1 saturated heterocycles. The van der Waals surface area contributed by atoms with Crippen LogP contribution in [0.2, 0.25) is 0 Å². The minimum atomic E-state index is -2.98. The molecule has 0 bridgehead atoms. The summed E-state index contributed by atoms with van der Waals surface area (Å²) in [6, 6.07) is 5.61. The molecule has 2 rings (SSSR count). The maximum atomic E-state index is 11.7. The van der Waals surface area contributed by atoms with E-state index in [0.29, 0.717) is 24.5 Å². The first-order valence-electron chi connectivity index (χ1n) is 5.78. The van der Waals surface area contributed by atoms with E-state index >= 15 is 0 Å². The van der Waals surface area contributed by atoms with Gasteiger partial charge in [0.2, 0.25) is 0 Å². The van der Waals surface area contributed by atoms with Crippen molar-refractivity contribution in [2.75, 3.05) is 23.7 Å². The van der Waals surface area contributed by atoms with Gasteiger partial charge in [-0.3, -0.25) is 0 Å². The van der Waals surface area contributed by atoms with E-state index in [0.717, 1.165) is 5.69 Å². The number of sulfone groups is 1. The van der Waals surface area contributed by atoms with E-state index < -0.39 is 15.1 Å². The average Bonchev–Trinajstić information content (AvgIpc) is 2.33. The van der Waals surface area contributed by atoms with Crippen molar-refractivity contribution < 1.29 is 8.42 Å². The van der Waals surface area contributed by atoms with Crippen LogP contribution in [-0.4, -0.2) is 37.5 Å². The molecule has 0 spiro atoms. The van der Waals surface area contributed by atoms with Crippen LogP contribution in [0.15, 0.2) is 12.1 Å². The zero-order valence-corrected chi connectivity index (χ0v) is 11.2. The predicted molar refractivity (Wildman–Crippen MR) is 69.2 cm³/mol. The van der Waals surface area contributed by atoms with Gasteiger partial charge in [-0.2, -0.15) is 5.26 Å². The molecule has 5 nitrogen and oxygen atoms in total. The lowest BCUT2D eigenvalue weighted by molar-refractivity contribution is 0.568. The highest BCUT2D eigenvalue weighted by molar-refractivity contribution is 7.92. The van der Waals surface area contributed by atoms with Crippen LogP contribution in [0, 0.1) is 18.3 Å². The van der Waals surface area contributed by atoms with Gasteiger partial charge in [-0.1, -0.05) is 0 Å². The molecule has 1 fully saturated rings. The van der Waals surface area contributed by atoms with E-state index in [1.807, 2.05) is 11.8 Å². The molecule has 0 N–H and O–H groups in total. The van der Waals surface area contributed by atoms with Gasteiger partial charge < -0.3 is 4.90 Å². The zero-order valence-electron chi connectivity index (χ0n) is 10.4. The van der Waals surface area contributed by atoms with Crippen LogP contribution < -0.4 is 4.90 Å². The van der Waals surface area contributed by atoms with Crippen molar-refractivity contribution in [3.05, 3.63) is 23.4 Å². The highest BCUT2D eigenvalue weighted by Crippen LogP contribution is 2.22. The van der Waals surface area contributed by atoms with Crippen LogP contribution in [0.25, 0.3) is 0 Å². The maximum Gasteiger partial charge on any atom is 0.156 e. The standard InChI is InChI=1S/C12H15N3O2S/c1-9-3-4-11(7-13)12(14-9)15-5-6-18(16,17)10(2)8-15/h3-4,10H,5-6,8H2,1-2H3. The normalized spacial score (nSPS) is 22.5. The summed E-state index contributed by atoms with van der Waals surface area (Å²) < 4.78 is 23.3. The van der Waals surface area contributed by atoms with E-state index in [1.54, 1.807) is 19.1 Å². The number of aryl methyl sites for hydroxylation is 1. The number of nitrogens with zero attached hydrogens (tertiary/aromatic N) is 3. The molecule has 18 heavy (non-hydrogen) atoms. The van der Waals surface area contributed by atoms with Crippen LogP contribution in [0.1, 0.15) is 18.2 Å². The van der Waals surface area contributed by atoms with Crippen LogP contribution in [0.4, 0.5) is 5.82 Å². The third-order valence-corrected chi connectivity index (χ3v) is 5.30. The number of hydrogen-bond donors (Lipinski definition) is 0. The molecule has 1 aliphatic heterocycles. The van der Waals surface area contributed by atoms with Gasteiger partial charge in [-0.05, 0) is 26.0 Å². The first-order valence-corrected chi connectivity index (χ1v) is 7.50. The Bertz CT molecular complexity index is 604. The third kappa shape index (κ3) is 2.31. The lowest BCUT2D eigenvalue weighted by Crippen LogP contribution is -2.46. The predicted octanol–water partition coefficient (Wildman–Crippen LogP) is 0.885. The highest BCUT2D eigenvalue weighted by atomic mass is 32.2. The van der Waals surface area contributed by atoms with Crippen molar-refractivity contribution in [2.24, 2.45) is 0 Å². The first kappa shape index (κ1) is 12.8. The summed E-state index contributed by atoms with van der Waals surface area (Å²) in [5.41, 5.74) is 1.32.